The van der Waals surface area contributed by atoms with Crippen molar-refractivity contribution in [2.24, 2.45) is 17.0 Å². The van der Waals surface area contributed by atoms with Crippen molar-refractivity contribution in [3.63, 3.8) is 0 Å². The average Bonchev–Trinajstić information content (AvgIpc) is 2.05. The lowest BCUT2D eigenvalue weighted by Gasteiger charge is -2.25. The Bertz CT molecular complexity index is 146. The van der Waals surface area contributed by atoms with E-state index in [1.165, 1.54) is 25.7 Å². The number of rotatable bonds is 1. The Morgan fingerprint density at radius 3 is 2.27 bits per heavy atom. The van der Waals surface area contributed by atoms with Crippen LogP contribution in [0.3, 0.4) is 0 Å². The molecule has 1 N–H and O–H groups in total. The fourth-order valence-corrected chi connectivity index (χ4v) is 1.76. The molecule has 0 aromatic rings. The summed E-state index contributed by atoms with van der Waals surface area (Å²) in [6.07, 6.45) is 4.99. The molecule has 0 aliphatic heterocycles. The molecule has 1 aliphatic carbocycles. The molecule has 0 amide bonds. The topological polar surface area (TPSA) is 32.6 Å². The summed E-state index contributed by atoms with van der Waals surface area (Å²) < 4.78 is 0. The zero-order valence-corrected chi connectivity index (χ0v) is 7.38. The van der Waals surface area contributed by atoms with Crippen LogP contribution in [0.2, 0.25) is 0 Å². The molecule has 1 saturated carbocycles. The van der Waals surface area contributed by atoms with Crippen molar-refractivity contribution in [3.05, 3.63) is 0 Å². The molecule has 0 unspecified atom stereocenters. The van der Waals surface area contributed by atoms with Crippen molar-refractivity contribution < 1.29 is 5.21 Å². The predicted octanol–water partition coefficient (Wildman–Crippen LogP) is 2.66. The number of oxime groups is 1. The Kier molecular flexibility index (Phi) is 2.92. The van der Waals surface area contributed by atoms with Crippen LogP contribution in [0, 0.1) is 11.8 Å². The van der Waals surface area contributed by atoms with Crippen LogP contribution in [0.25, 0.3) is 0 Å². The van der Waals surface area contributed by atoms with Gasteiger partial charge in [0.2, 0.25) is 0 Å². The summed E-state index contributed by atoms with van der Waals surface area (Å²) in [5, 5.41) is 11.8. The Labute approximate surface area is 68.3 Å². The summed E-state index contributed by atoms with van der Waals surface area (Å²) in [6, 6.07) is 0. The van der Waals surface area contributed by atoms with E-state index < -0.39 is 0 Å². The van der Waals surface area contributed by atoms with Crippen molar-refractivity contribution in [1.29, 1.82) is 0 Å². The second-order valence-corrected chi connectivity index (χ2v) is 3.70. The Morgan fingerprint density at radius 2 is 1.82 bits per heavy atom. The second-order valence-electron chi connectivity index (χ2n) is 3.70. The predicted molar refractivity (Wildman–Crippen MR) is 46.0 cm³/mol. The minimum Gasteiger partial charge on any atom is -0.411 e. The van der Waals surface area contributed by atoms with Crippen molar-refractivity contribution in [2.45, 2.75) is 39.5 Å². The summed E-state index contributed by atoms with van der Waals surface area (Å²) in [4.78, 5) is 0. The van der Waals surface area contributed by atoms with E-state index in [0.717, 1.165) is 11.6 Å². The molecule has 0 aromatic heterocycles. The van der Waals surface area contributed by atoms with Gasteiger partial charge in [0.05, 0.1) is 5.71 Å². The first-order valence-electron chi connectivity index (χ1n) is 4.42. The Balaban J connectivity index is 2.39. The normalized spacial score (nSPS) is 33.8. The van der Waals surface area contributed by atoms with Gasteiger partial charge in [-0.3, -0.25) is 0 Å². The summed E-state index contributed by atoms with van der Waals surface area (Å²) in [5.41, 5.74) is 0.914. The molecular formula is C9H17NO. The van der Waals surface area contributed by atoms with Crippen molar-refractivity contribution in [3.8, 4) is 0 Å². The summed E-state index contributed by atoms with van der Waals surface area (Å²) in [6.45, 7) is 4.21. The second kappa shape index (κ2) is 3.74. The molecule has 0 aromatic carbocycles. The van der Waals surface area contributed by atoms with Crippen LogP contribution in [0.15, 0.2) is 5.16 Å². The van der Waals surface area contributed by atoms with Gasteiger partial charge in [0, 0.05) is 5.92 Å². The van der Waals surface area contributed by atoms with Gasteiger partial charge in [-0.25, -0.2) is 0 Å². The molecule has 11 heavy (non-hydrogen) atoms. The highest BCUT2D eigenvalue weighted by atomic mass is 16.4. The van der Waals surface area contributed by atoms with Crippen molar-refractivity contribution >= 4 is 5.71 Å². The van der Waals surface area contributed by atoms with E-state index in [1.807, 2.05) is 6.92 Å². The average molecular weight is 155 g/mol. The van der Waals surface area contributed by atoms with Crippen LogP contribution >= 0.6 is 0 Å². The SMILES string of the molecule is C/C(=N\O)[C@H]1CC[C@H](C)CC1. The van der Waals surface area contributed by atoms with Gasteiger partial charge >= 0.3 is 0 Å². The highest BCUT2D eigenvalue weighted by Crippen LogP contribution is 2.28. The van der Waals surface area contributed by atoms with Crippen LogP contribution in [0.1, 0.15) is 39.5 Å². The first-order valence-corrected chi connectivity index (χ1v) is 4.42. The minimum atomic E-state index is 0.552. The van der Waals surface area contributed by atoms with E-state index in [0.29, 0.717) is 5.92 Å². The molecule has 0 radical (unpaired) electrons. The van der Waals surface area contributed by atoms with Crippen molar-refractivity contribution in [2.75, 3.05) is 0 Å². The highest BCUT2D eigenvalue weighted by molar-refractivity contribution is 5.83. The molecule has 0 bridgehead atoms. The molecule has 2 heteroatoms. The van der Waals surface area contributed by atoms with Crippen LogP contribution in [0.5, 0.6) is 0 Å². The van der Waals surface area contributed by atoms with Gasteiger partial charge in [0.1, 0.15) is 0 Å². The molecule has 0 atom stereocenters. The molecular weight excluding hydrogens is 138 g/mol. The van der Waals surface area contributed by atoms with Gasteiger partial charge in [-0.05, 0) is 25.7 Å². The Morgan fingerprint density at radius 1 is 1.27 bits per heavy atom. The molecule has 0 heterocycles. The molecule has 2 nitrogen and oxygen atoms in total. The van der Waals surface area contributed by atoms with Gasteiger partial charge in [-0.1, -0.05) is 24.9 Å². The standard InChI is InChI=1S/C9H17NO/c1-7-3-5-9(6-4-7)8(2)10-11/h7,9,11H,3-6H2,1-2H3/b10-8+/t7-,9-. The summed E-state index contributed by atoms with van der Waals surface area (Å²) >= 11 is 0. The number of hydrogen-bond acceptors (Lipinski definition) is 2. The fraction of sp³-hybridized carbons (Fsp3) is 0.889. The van der Waals surface area contributed by atoms with Crippen molar-refractivity contribution in [1.82, 2.24) is 0 Å². The first kappa shape index (κ1) is 8.57. The summed E-state index contributed by atoms with van der Waals surface area (Å²) in [5.74, 6) is 1.42. The van der Waals surface area contributed by atoms with Crippen LogP contribution < -0.4 is 0 Å². The van der Waals surface area contributed by atoms with E-state index in [1.54, 1.807) is 0 Å². The number of hydrogen-bond donors (Lipinski definition) is 1. The van der Waals surface area contributed by atoms with E-state index >= 15 is 0 Å². The summed E-state index contributed by atoms with van der Waals surface area (Å²) in [7, 11) is 0. The van der Waals surface area contributed by atoms with Crippen LogP contribution in [-0.2, 0) is 0 Å². The van der Waals surface area contributed by atoms with Gasteiger partial charge in [0.15, 0.2) is 0 Å². The quantitative estimate of drug-likeness (QED) is 0.352. The molecule has 1 rings (SSSR count). The monoisotopic (exact) mass is 155 g/mol. The molecule has 0 spiro atoms. The zero-order valence-electron chi connectivity index (χ0n) is 7.38. The van der Waals surface area contributed by atoms with E-state index in [4.69, 9.17) is 5.21 Å². The minimum absolute atomic E-state index is 0.552. The maximum absolute atomic E-state index is 8.54. The maximum atomic E-state index is 8.54. The third-order valence-corrected chi connectivity index (χ3v) is 2.76. The maximum Gasteiger partial charge on any atom is 0.0570 e. The first-order chi connectivity index (χ1) is 5.24. The van der Waals surface area contributed by atoms with Gasteiger partial charge in [-0.2, -0.15) is 0 Å². The van der Waals surface area contributed by atoms with E-state index in [2.05, 4.69) is 12.1 Å². The molecule has 1 aliphatic rings. The lowest BCUT2D eigenvalue weighted by Crippen LogP contribution is -2.18. The molecule has 64 valence electrons. The molecule has 1 fully saturated rings. The largest absolute Gasteiger partial charge is 0.411 e. The van der Waals surface area contributed by atoms with Crippen LogP contribution in [0.4, 0.5) is 0 Å². The third-order valence-electron chi connectivity index (χ3n) is 2.76. The Hall–Kier alpha value is -0.530. The van der Waals surface area contributed by atoms with Crippen LogP contribution in [-0.4, -0.2) is 10.9 Å². The number of nitrogens with zero attached hydrogens (tertiary/aromatic N) is 1. The van der Waals surface area contributed by atoms with E-state index in [9.17, 15) is 0 Å². The fourth-order valence-electron chi connectivity index (χ4n) is 1.76. The lowest BCUT2D eigenvalue weighted by molar-refractivity contribution is 0.299. The molecule has 0 saturated heterocycles. The third kappa shape index (κ3) is 2.21. The van der Waals surface area contributed by atoms with Gasteiger partial charge in [-0.15, -0.1) is 0 Å². The highest BCUT2D eigenvalue weighted by Gasteiger charge is 2.20. The van der Waals surface area contributed by atoms with E-state index in [-0.39, 0.29) is 0 Å². The smallest absolute Gasteiger partial charge is 0.0570 e. The van der Waals surface area contributed by atoms with Gasteiger partial charge in [0.25, 0.3) is 0 Å². The van der Waals surface area contributed by atoms with Gasteiger partial charge < -0.3 is 5.21 Å². The lowest BCUT2D eigenvalue weighted by atomic mass is 9.81. The zero-order chi connectivity index (χ0) is 8.27.